The third-order valence-corrected chi connectivity index (χ3v) is 6.25. The van der Waals surface area contributed by atoms with E-state index in [1.165, 1.54) is 0 Å². The summed E-state index contributed by atoms with van der Waals surface area (Å²) in [6.45, 7) is 13.0. The van der Waals surface area contributed by atoms with Crippen LogP contribution in [0, 0.1) is 0 Å². The molecule has 1 N–H and O–H groups in total. The molecule has 0 fully saturated rings. The summed E-state index contributed by atoms with van der Waals surface area (Å²) < 4.78 is 25.5. The van der Waals surface area contributed by atoms with E-state index in [2.05, 4.69) is 26.1 Å². The van der Waals surface area contributed by atoms with Crippen LogP contribution >= 0.6 is 0 Å². The predicted octanol–water partition coefficient (Wildman–Crippen LogP) is 3.53. The number of nitrogens with one attached hydrogen (secondary N) is 1. The van der Waals surface area contributed by atoms with Crippen LogP contribution in [0.1, 0.15) is 53.5 Å². The first-order valence-corrected chi connectivity index (χ1v) is 9.27. The first-order chi connectivity index (χ1) is 9.64. The average molecular weight is 311 g/mol. The molecule has 2 atom stereocenters. The molecule has 1 aromatic carbocycles. The lowest BCUT2D eigenvalue weighted by atomic mass is 9.87. The van der Waals surface area contributed by atoms with Crippen molar-refractivity contribution in [3.05, 3.63) is 29.8 Å². The van der Waals surface area contributed by atoms with Gasteiger partial charge in [-0.25, -0.2) is 8.42 Å². The molecule has 0 radical (unpaired) electrons. The highest BCUT2D eigenvalue weighted by molar-refractivity contribution is 7.92. The summed E-state index contributed by atoms with van der Waals surface area (Å²) in [7, 11) is -3.30. The number of hydrogen-bond acceptors (Lipinski definition) is 3. The molecule has 0 saturated heterocycles. The van der Waals surface area contributed by atoms with Gasteiger partial charge in [-0.2, -0.15) is 0 Å². The molecule has 0 aliphatic heterocycles. The minimum atomic E-state index is -3.30. The van der Waals surface area contributed by atoms with E-state index in [0.29, 0.717) is 4.90 Å². The SMILES string of the molecule is CCNC(CC)C(C)S(=O)(=O)c1ccc(C(C)(C)C)cc1. The Bertz CT molecular complexity index is 541. The summed E-state index contributed by atoms with van der Waals surface area (Å²) in [4.78, 5) is 0.416. The Balaban J connectivity index is 3.07. The predicted molar refractivity (Wildman–Crippen MR) is 89.5 cm³/mol. The van der Waals surface area contributed by atoms with Crippen LogP contribution in [0.3, 0.4) is 0 Å². The third kappa shape index (κ3) is 4.30. The van der Waals surface area contributed by atoms with Crippen LogP contribution in [0.15, 0.2) is 29.2 Å². The lowest BCUT2D eigenvalue weighted by molar-refractivity contribution is 0.483. The van der Waals surface area contributed by atoms with Gasteiger partial charge in [0, 0.05) is 6.04 Å². The molecule has 0 heterocycles. The molecule has 4 heteroatoms. The molecule has 0 aliphatic rings. The first kappa shape index (κ1) is 18.2. The summed E-state index contributed by atoms with van der Waals surface area (Å²) >= 11 is 0. The second-order valence-electron chi connectivity index (χ2n) is 6.60. The number of benzene rings is 1. The van der Waals surface area contributed by atoms with E-state index in [1.807, 2.05) is 26.0 Å². The Kier molecular flexibility index (Phi) is 6.00. The van der Waals surface area contributed by atoms with Crippen molar-refractivity contribution in [1.29, 1.82) is 0 Å². The van der Waals surface area contributed by atoms with Crippen molar-refractivity contribution in [2.45, 2.75) is 69.6 Å². The molecular weight excluding hydrogens is 282 g/mol. The topological polar surface area (TPSA) is 46.2 Å². The Morgan fingerprint density at radius 3 is 2.00 bits per heavy atom. The van der Waals surface area contributed by atoms with E-state index in [-0.39, 0.29) is 11.5 Å². The molecule has 0 aromatic heterocycles. The Morgan fingerprint density at radius 1 is 1.10 bits per heavy atom. The van der Waals surface area contributed by atoms with Gasteiger partial charge in [-0.1, -0.05) is 46.8 Å². The molecule has 0 saturated carbocycles. The van der Waals surface area contributed by atoms with Crippen molar-refractivity contribution in [2.24, 2.45) is 0 Å². The molecular formula is C17H29NO2S. The minimum Gasteiger partial charge on any atom is -0.313 e. The number of hydrogen-bond donors (Lipinski definition) is 1. The molecule has 2 unspecified atom stereocenters. The van der Waals surface area contributed by atoms with Gasteiger partial charge in [0.25, 0.3) is 0 Å². The highest BCUT2D eigenvalue weighted by atomic mass is 32.2. The molecule has 0 bridgehead atoms. The lowest BCUT2D eigenvalue weighted by Crippen LogP contribution is -2.42. The van der Waals surface area contributed by atoms with Crippen molar-refractivity contribution in [3.8, 4) is 0 Å². The summed E-state index contributed by atoms with van der Waals surface area (Å²) in [6, 6.07) is 7.32. The van der Waals surface area contributed by atoms with E-state index in [1.54, 1.807) is 19.1 Å². The Morgan fingerprint density at radius 2 is 1.62 bits per heavy atom. The maximum Gasteiger partial charge on any atom is 0.182 e. The van der Waals surface area contributed by atoms with Crippen LogP contribution in [-0.2, 0) is 15.3 Å². The highest BCUT2D eigenvalue weighted by Gasteiger charge is 2.29. The summed E-state index contributed by atoms with van der Waals surface area (Å²) in [5.74, 6) is 0. The summed E-state index contributed by atoms with van der Waals surface area (Å²) in [5, 5.41) is 2.84. The van der Waals surface area contributed by atoms with Gasteiger partial charge in [0.15, 0.2) is 9.84 Å². The van der Waals surface area contributed by atoms with E-state index < -0.39 is 15.1 Å². The third-order valence-electron chi connectivity index (χ3n) is 4.01. The van der Waals surface area contributed by atoms with Gasteiger partial charge < -0.3 is 5.32 Å². The smallest absolute Gasteiger partial charge is 0.182 e. The zero-order valence-corrected chi connectivity index (χ0v) is 14.9. The van der Waals surface area contributed by atoms with Gasteiger partial charge in [-0.15, -0.1) is 0 Å². The van der Waals surface area contributed by atoms with E-state index in [4.69, 9.17) is 0 Å². The van der Waals surface area contributed by atoms with Gasteiger partial charge >= 0.3 is 0 Å². The molecule has 1 aromatic rings. The van der Waals surface area contributed by atoms with Gasteiger partial charge in [-0.05, 0) is 43.0 Å². The zero-order valence-electron chi connectivity index (χ0n) is 14.1. The fourth-order valence-electron chi connectivity index (χ4n) is 2.48. The molecule has 0 aliphatic carbocycles. The standard InChI is InChI=1S/C17H29NO2S/c1-7-16(18-8-2)13(3)21(19,20)15-11-9-14(10-12-15)17(4,5)6/h9-13,16,18H,7-8H2,1-6H3. The molecule has 3 nitrogen and oxygen atoms in total. The van der Waals surface area contributed by atoms with Crippen LogP contribution in [-0.4, -0.2) is 26.3 Å². The normalized spacial score (nSPS) is 15.7. The van der Waals surface area contributed by atoms with Gasteiger partial charge in [0.2, 0.25) is 0 Å². The lowest BCUT2D eigenvalue weighted by Gasteiger charge is -2.24. The van der Waals surface area contributed by atoms with Gasteiger partial charge in [0.05, 0.1) is 10.1 Å². The van der Waals surface area contributed by atoms with Crippen molar-refractivity contribution >= 4 is 9.84 Å². The van der Waals surface area contributed by atoms with Crippen LogP contribution in [0.2, 0.25) is 0 Å². The van der Waals surface area contributed by atoms with E-state index in [0.717, 1.165) is 18.5 Å². The first-order valence-electron chi connectivity index (χ1n) is 7.72. The molecule has 120 valence electrons. The van der Waals surface area contributed by atoms with Gasteiger partial charge in [0.1, 0.15) is 0 Å². The number of sulfone groups is 1. The van der Waals surface area contributed by atoms with Crippen LogP contribution in [0.25, 0.3) is 0 Å². The Labute approximate surface area is 130 Å². The maximum atomic E-state index is 12.7. The monoisotopic (exact) mass is 311 g/mol. The molecule has 1 rings (SSSR count). The van der Waals surface area contributed by atoms with Gasteiger partial charge in [-0.3, -0.25) is 0 Å². The molecule has 21 heavy (non-hydrogen) atoms. The second kappa shape index (κ2) is 6.93. The maximum absolute atomic E-state index is 12.7. The van der Waals surface area contributed by atoms with Crippen LogP contribution in [0.4, 0.5) is 0 Å². The molecule has 0 spiro atoms. The summed E-state index contributed by atoms with van der Waals surface area (Å²) in [6.07, 6.45) is 0.800. The van der Waals surface area contributed by atoms with Crippen molar-refractivity contribution in [3.63, 3.8) is 0 Å². The Hall–Kier alpha value is -0.870. The largest absolute Gasteiger partial charge is 0.313 e. The average Bonchev–Trinajstić information content (AvgIpc) is 2.43. The summed E-state index contributed by atoms with van der Waals surface area (Å²) in [5.41, 5.74) is 1.18. The van der Waals surface area contributed by atoms with E-state index >= 15 is 0 Å². The number of rotatable bonds is 6. The van der Waals surface area contributed by atoms with E-state index in [9.17, 15) is 8.42 Å². The van der Waals surface area contributed by atoms with Crippen LogP contribution in [0.5, 0.6) is 0 Å². The van der Waals surface area contributed by atoms with Crippen molar-refractivity contribution < 1.29 is 8.42 Å². The fraction of sp³-hybridized carbons (Fsp3) is 0.647. The zero-order chi connectivity index (χ0) is 16.3. The van der Waals surface area contributed by atoms with Crippen molar-refractivity contribution in [2.75, 3.05) is 6.54 Å². The van der Waals surface area contributed by atoms with Crippen molar-refractivity contribution in [1.82, 2.24) is 5.32 Å². The van der Waals surface area contributed by atoms with Crippen LogP contribution < -0.4 is 5.32 Å². The fourth-order valence-corrected chi connectivity index (χ4v) is 4.15. The second-order valence-corrected chi connectivity index (χ2v) is 8.90. The highest BCUT2D eigenvalue weighted by Crippen LogP contribution is 2.25. The molecule has 0 amide bonds. The minimum absolute atomic E-state index is 0.0118. The quantitative estimate of drug-likeness (QED) is 0.874.